The maximum atomic E-state index is 13.4. The fourth-order valence-corrected chi connectivity index (χ4v) is 1.14. The van der Waals surface area contributed by atoms with Crippen LogP contribution in [0.5, 0.6) is 0 Å². The average Bonchev–Trinajstić information content (AvgIpc) is 2.13. The lowest BCUT2D eigenvalue weighted by atomic mass is 10.00. The number of rotatable bonds is 0. The Morgan fingerprint density at radius 3 is 2.46 bits per heavy atom. The Balaban J connectivity index is 2.13. The van der Waals surface area contributed by atoms with Crippen LogP contribution >= 0.6 is 0 Å². The van der Waals surface area contributed by atoms with Gasteiger partial charge in [0.05, 0.1) is 0 Å². The molecule has 1 saturated heterocycles. The first kappa shape index (κ1) is 8.28. The highest BCUT2D eigenvalue weighted by Crippen LogP contribution is 2.14. The van der Waals surface area contributed by atoms with E-state index in [0.717, 1.165) is 5.56 Å². The van der Waals surface area contributed by atoms with Crippen LogP contribution < -0.4 is 5.32 Å². The second-order valence-electron chi connectivity index (χ2n) is 3.18. The predicted octanol–water partition coefficient (Wildman–Crippen LogP) is 1.35. The van der Waals surface area contributed by atoms with E-state index in [0.29, 0.717) is 13.1 Å². The lowest BCUT2D eigenvalue weighted by Gasteiger charge is -2.29. The van der Waals surface area contributed by atoms with Gasteiger partial charge in [-0.3, -0.25) is 0 Å². The molecule has 1 nitrogen and oxygen atoms in total. The van der Waals surface area contributed by atoms with Gasteiger partial charge in [-0.1, -0.05) is 30.0 Å². The number of benzene rings is 1. The van der Waals surface area contributed by atoms with Gasteiger partial charge >= 0.3 is 0 Å². The van der Waals surface area contributed by atoms with Crippen molar-refractivity contribution in [2.24, 2.45) is 0 Å². The minimum atomic E-state index is -1.30. The largest absolute Gasteiger partial charge is 0.308 e. The Kier molecular flexibility index (Phi) is 2.03. The molecule has 0 bridgehead atoms. The molecular formula is C11H10FN. The molecular weight excluding hydrogens is 165 g/mol. The number of halogens is 1. The van der Waals surface area contributed by atoms with E-state index in [1.807, 2.05) is 30.3 Å². The van der Waals surface area contributed by atoms with Crippen molar-refractivity contribution in [3.8, 4) is 11.8 Å². The molecule has 1 heterocycles. The average molecular weight is 175 g/mol. The summed E-state index contributed by atoms with van der Waals surface area (Å²) in [5.41, 5.74) is -0.429. The lowest BCUT2D eigenvalue weighted by molar-refractivity contribution is 0.158. The van der Waals surface area contributed by atoms with Crippen LogP contribution in [0, 0.1) is 11.8 Å². The zero-order valence-electron chi connectivity index (χ0n) is 7.18. The highest BCUT2D eigenvalue weighted by molar-refractivity contribution is 5.37. The van der Waals surface area contributed by atoms with Crippen LogP contribution in [-0.4, -0.2) is 18.8 Å². The van der Waals surface area contributed by atoms with Crippen molar-refractivity contribution < 1.29 is 4.39 Å². The van der Waals surface area contributed by atoms with E-state index in [1.54, 1.807) is 0 Å². The van der Waals surface area contributed by atoms with Crippen LogP contribution in [0.15, 0.2) is 30.3 Å². The van der Waals surface area contributed by atoms with Crippen LogP contribution in [0.25, 0.3) is 0 Å². The molecule has 2 heteroatoms. The second kappa shape index (κ2) is 3.20. The van der Waals surface area contributed by atoms with Crippen molar-refractivity contribution in [3.63, 3.8) is 0 Å². The van der Waals surface area contributed by atoms with E-state index in [1.165, 1.54) is 0 Å². The van der Waals surface area contributed by atoms with E-state index < -0.39 is 5.67 Å². The van der Waals surface area contributed by atoms with Gasteiger partial charge in [-0.15, -0.1) is 0 Å². The van der Waals surface area contributed by atoms with Gasteiger partial charge < -0.3 is 5.32 Å². The molecule has 66 valence electrons. The third kappa shape index (κ3) is 1.88. The summed E-state index contributed by atoms with van der Waals surface area (Å²) in [6.07, 6.45) is 0. The van der Waals surface area contributed by atoms with Crippen LogP contribution in [0.1, 0.15) is 5.56 Å². The van der Waals surface area contributed by atoms with Crippen LogP contribution in [0.4, 0.5) is 4.39 Å². The highest BCUT2D eigenvalue weighted by atomic mass is 19.1. The summed E-state index contributed by atoms with van der Waals surface area (Å²) in [6.45, 7) is 0.708. The Morgan fingerprint density at radius 2 is 1.92 bits per heavy atom. The summed E-state index contributed by atoms with van der Waals surface area (Å²) < 4.78 is 13.4. The van der Waals surface area contributed by atoms with Gasteiger partial charge in [0.15, 0.2) is 5.67 Å². The van der Waals surface area contributed by atoms with E-state index in [4.69, 9.17) is 0 Å². The van der Waals surface area contributed by atoms with Gasteiger partial charge in [0.1, 0.15) is 0 Å². The summed E-state index contributed by atoms with van der Waals surface area (Å²) in [5, 5.41) is 2.86. The molecule has 0 radical (unpaired) electrons. The molecule has 1 aromatic rings. The number of nitrogens with one attached hydrogen (secondary N) is 1. The third-order valence-corrected chi connectivity index (χ3v) is 2.02. The summed E-state index contributed by atoms with van der Waals surface area (Å²) in [4.78, 5) is 0. The third-order valence-electron chi connectivity index (χ3n) is 2.02. The molecule has 1 N–H and O–H groups in total. The zero-order chi connectivity index (χ0) is 9.15. The summed E-state index contributed by atoms with van der Waals surface area (Å²) >= 11 is 0. The van der Waals surface area contributed by atoms with Crippen molar-refractivity contribution in [1.29, 1.82) is 0 Å². The van der Waals surface area contributed by atoms with Gasteiger partial charge in [0, 0.05) is 18.7 Å². The normalized spacial score (nSPS) is 18.2. The topological polar surface area (TPSA) is 12.0 Å². The molecule has 1 aliphatic rings. The van der Waals surface area contributed by atoms with Crippen molar-refractivity contribution in [2.45, 2.75) is 5.67 Å². The summed E-state index contributed by atoms with van der Waals surface area (Å²) in [6, 6.07) is 9.47. The fraction of sp³-hybridized carbons (Fsp3) is 0.273. The van der Waals surface area contributed by atoms with E-state index in [2.05, 4.69) is 17.2 Å². The Hall–Kier alpha value is -1.33. The number of hydrogen-bond donors (Lipinski definition) is 1. The molecule has 0 unspecified atom stereocenters. The minimum Gasteiger partial charge on any atom is -0.308 e. The molecule has 1 aromatic carbocycles. The standard InChI is InChI=1S/C11H10FN/c12-11(8-13-9-11)7-6-10-4-2-1-3-5-10/h1-5,13H,8-9H2. The van der Waals surface area contributed by atoms with E-state index in [9.17, 15) is 4.39 Å². The van der Waals surface area contributed by atoms with Gasteiger partial charge in [-0.2, -0.15) is 0 Å². The predicted molar refractivity (Wildman–Crippen MR) is 50.0 cm³/mol. The Morgan fingerprint density at radius 1 is 1.23 bits per heavy atom. The molecule has 0 atom stereocenters. The smallest absolute Gasteiger partial charge is 0.195 e. The molecule has 0 aromatic heterocycles. The maximum Gasteiger partial charge on any atom is 0.195 e. The highest BCUT2D eigenvalue weighted by Gasteiger charge is 2.34. The molecule has 0 saturated carbocycles. The van der Waals surface area contributed by atoms with Gasteiger partial charge in [0.25, 0.3) is 0 Å². The Labute approximate surface area is 77.0 Å². The summed E-state index contributed by atoms with van der Waals surface area (Å²) in [7, 11) is 0. The molecule has 1 aliphatic heterocycles. The summed E-state index contributed by atoms with van der Waals surface area (Å²) in [5.74, 6) is 5.45. The molecule has 2 rings (SSSR count). The van der Waals surface area contributed by atoms with Crippen molar-refractivity contribution >= 4 is 0 Å². The number of hydrogen-bond acceptors (Lipinski definition) is 1. The molecule has 1 fully saturated rings. The van der Waals surface area contributed by atoms with Crippen molar-refractivity contribution in [1.82, 2.24) is 5.32 Å². The number of alkyl halides is 1. The minimum absolute atomic E-state index is 0.354. The maximum absolute atomic E-state index is 13.4. The second-order valence-corrected chi connectivity index (χ2v) is 3.18. The van der Waals surface area contributed by atoms with Crippen LogP contribution in [0.3, 0.4) is 0 Å². The molecule has 0 aliphatic carbocycles. The quantitative estimate of drug-likeness (QED) is 0.587. The van der Waals surface area contributed by atoms with Crippen molar-refractivity contribution in [2.75, 3.05) is 13.1 Å². The van der Waals surface area contributed by atoms with E-state index in [-0.39, 0.29) is 0 Å². The fourth-order valence-electron chi connectivity index (χ4n) is 1.14. The van der Waals surface area contributed by atoms with Gasteiger partial charge in [-0.05, 0) is 12.1 Å². The van der Waals surface area contributed by atoms with Crippen LogP contribution in [-0.2, 0) is 0 Å². The zero-order valence-corrected chi connectivity index (χ0v) is 7.18. The SMILES string of the molecule is FC1(C#Cc2ccccc2)CNC1. The Bertz CT molecular complexity index is 343. The first-order valence-electron chi connectivity index (χ1n) is 4.26. The molecule has 0 spiro atoms. The lowest BCUT2D eigenvalue weighted by Crippen LogP contribution is -2.55. The first-order valence-corrected chi connectivity index (χ1v) is 4.26. The van der Waals surface area contributed by atoms with Gasteiger partial charge in [0.2, 0.25) is 0 Å². The van der Waals surface area contributed by atoms with Crippen LogP contribution in [0.2, 0.25) is 0 Å². The van der Waals surface area contributed by atoms with Gasteiger partial charge in [-0.25, -0.2) is 4.39 Å². The molecule has 0 amide bonds. The monoisotopic (exact) mass is 175 g/mol. The van der Waals surface area contributed by atoms with E-state index >= 15 is 0 Å². The molecule has 13 heavy (non-hydrogen) atoms. The first-order chi connectivity index (χ1) is 6.29. The van der Waals surface area contributed by atoms with Crippen molar-refractivity contribution in [3.05, 3.63) is 35.9 Å².